The number of hydrogen-bond acceptors (Lipinski definition) is 3. The Morgan fingerprint density at radius 2 is 2.05 bits per heavy atom. The fourth-order valence-electron chi connectivity index (χ4n) is 2.19. The van der Waals surface area contributed by atoms with Gasteiger partial charge in [-0.2, -0.15) is 5.10 Å². The van der Waals surface area contributed by atoms with Crippen molar-refractivity contribution in [3.8, 4) is 0 Å². The van der Waals surface area contributed by atoms with E-state index in [2.05, 4.69) is 54.5 Å². The van der Waals surface area contributed by atoms with Gasteiger partial charge in [-0.3, -0.25) is 9.59 Å². The van der Waals surface area contributed by atoms with E-state index in [0.29, 0.717) is 12.5 Å². The zero-order valence-corrected chi connectivity index (χ0v) is 13.1. The molecular formula is C17H21N3O2. The first-order valence-corrected chi connectivity index (χ1v) is 7.40. The van der Waals surface area contributed by atoms with Crippen LogP contribution >= 0.6 is 0 Å². The molecule has 0 radical (unpaired) electrons. The zero-order chi connectivity index (χ0) is 16.1. The van der Waals surface area contributed by atoms with E-state index in [0.717, 1.165) is 6.42 Å². The molecule has 2 aromatic rings. The third kappa shape index (κ3) is 4.04. The van der Waals surface area contributed by atoms with Crippen LogP contribution < -0.4 is 10.9 Å². The number of aromatic nitrogens is 2. The Morgan fingerprint density at radius 3 is 2.68 bits per heavy atom. The number of carbonyl (C=O) groups excluding carboxylic acids is 1. The smallest absolute Gasteiger partial charge is 0.271 e. The van der Waals surface area contributed by atoms with Crippen LogP contribution in [0.15, 0.2) is 35.1 Å². The highest BCUT2D eigenvalue weighted by atomic mass is 16.2. The quantitative estimate of drug-likeness (QED) is 0.888. The van der Waals surface area contributed by atoms with Gasteiger partial charge in [-0.1, -0.05) is 32.0 Å². The van der Waals surface area contributed by atoms with Crippen LogP contribution in [0.2, 0.25) is 0 Å². The minimum atomic E-state index is -0.322. The third-order valence-corrected chi connectivity index (χ3v) is 3.63. The van der Waals surface area contributed by atoms with Crippen LogP contribution in [0, 0.1) is 6.92 Å². The molecule has 0 saturated heterocycles. The molecule has 22 heavy (non-hydrogen) atoms. The number of nitrogens with zero attached hydrogens (tertiary/aromatic N) is 1. The van der Waals surface area contributed by atoms with Gasteiger partial charge in [-0.15, -0.1) is 0 Å². The summed E-state index contributed by atoms with van der Waals surface area (Å²) in [6.07, 6.45) is 0.765. The van der Waals surface area contributed by atoms with Crippen molar-refractivity contribution in [1.29, 1.82) is 0 Å². The lowest BCUT2D eigenvalue weighted by atomic mass is 9.96. The van der Waals surface area contributed by atoms with Gasteiger partial charge in [0.2, 0.25) is 0 Å². The van der Waals surface area contributed by atoms with Crippen molar-refractivity contribution < 1.29 is 4.79 Å². The van der Waals surface area contributed by atoms with E-state index in [9.17, 15) is 9.59 Å². The van der Waals surface area contributed by atoms with Crippen molar-refractivity contribution in [3.05, 3.63) is 63.1 Å². The van der Waals surface area contributed by atoms with Crippen LogP contribution in [-0.2, 0) is 6.42 Å². The molecule has 2 N–H and O–H groups in total. The normalized spacial score (nSPS) is 10.7. The average Bonchev–Trinajstić information content (AvgIpc) is 2.49. The summed E-state index contributed by atoms with van der Waals surface area (Å²) in [6.45, 7) is 6.93. The van der Waals surface area contributed by atoms with Gasteiger partial charge in [0.25, 0.3) is 11.5 Å². The molecule has 0 saturated carbocycles. The molecule has 1 aromatic carbocycles. The third-order valence-electron chi connectivity index (χ3n) is 3.63. The molecule has 0 aliphatic carbocycles. The first-order valence-electron chi connectivity index (χ1n) is 7.40. The number of H-pyrrole nitrogens is 1. The topological polar surface area (TPSA) is 74.8 Å². The number of aryl methyl sites for hydroxylation is 1. The average molecular weight is 299 g/mol. The molecule has 1 amide bonds. The SMILES string of the molecule is Cc1ccc(C(C)C)cc1CCNC(=O)c1ccc(=O)[nH]n1. The molecule has 1 aromatic heterocycles. The Bertz CT molecular complexity index is 700. The van der Waals surface area contributed by atoms with Crippen LogP contribution in [0.4, 0.5) is 0 Å². The van der Waals surface area contributed by atoms with E-state index in [4.69, 9.17) is 0 Å². The van der Waals surface area contributed by atoms with Crippen LogP contribution in [-0.4, -0.2) is 22.6 Å². The van der Waals surface area contributed by atoms with Gasteiger partial charge in [0.1, 0.15) is 5.69 Å². The molecule has 5 heteroatoms. The summed E-state index contributed by atoms with van der Waals surface area (Å²) in [5.74, 6) is 0.202. The summed E-state index contributed by atoms with van der Waals surface area (Å²) in [5.41, 5.74) is 3.65. The minimum Gasteiger partial charge on any atom is -0.350 e. The van der Waals surface area contributed by atoms with Crippen LogP contribution in [0.5, 0.6) is 0 Å². The van der Waals surface area contributed by atoms with Crippen molar-refractivity contribution in [2.45, 2.75) is 33.1 Å². The van der Waals surface area contributed by atoms with E-state index in [1.165, 1.54) is 28.8 Å². The van der Waals surface area contributed by atoms with Crippen molar-refractivity contribution >= 4 is 5.91 Å². The van der Waals surface area contributed by atoms with Gasteiger partial charge in [0.15, 0.2) is 0 Å². The van der Waals surface area contributed by atoms with E-state index < -0.39 is 0 Å². The monoisotopic (exact) mass is 299 g/mol. The summed E-state index contributed by atoms with van der Waals surface area (Å²) in [4.78, 5) is 22.8. The van der Waals surface area contributed by atoms with Crippen LogP contribution in [0.25, 0.3) is 0 Å². The van der Waals surface area contributed by atoms with E-state index in [1.54, 1.807) is 0 Å². The Kier molecular flexibility index (Phi) is 5.09. The van der Waals surface area contributed by atoms with Gasteiger partial charge in [-0.25, -0.2) is 5.10 Å². The lowest BCUT2D eigenvalue weighted by Gasteiger charge is -2.11. The summed E-state index contributed by atoms with van der Waals surface area (Å²) in [5, 5.41) is 8.78. The highest BCUT2D eigenvalue weighted by Gasteiger charge is 2.08. The predicted octanol–water partition coefficient (Wildman–Crippen LogP) is 2.17. The Balaban J connectivity index is 1.96. The molecule has 0 aliphatic rings. The lowest BCUT2D eigenvalue weighted by Crippen LogP contribution is -2.27. The number of benzene rings is 1. The van der Waals surface area contributed by atoms with Gasteiger partial charge >= 0.3 is 0 Å². The number of nitrogens with one attached hydrogen (secondary N) is 2. The minimum absolute atomic E-state index is 0.215. The maximum atomic E-state index is 11.9. The second kappa shape index (κ2) is 7.02. The maximum Gasteiger partial charge on any atom is 0.271 e. The summed E-state index contributed by atoms with van der Waals surface area (Å²) >= 11 is 0. The molecule has 0 spiro atoms. The molecule has 0 bridgehead atoms. The van der Waals surface area contributed by atoms with Gasteiger partial charge < -0.3 is 5.32 Å². The van der Waals surface area contributed by atoms with E-state index in [1.807, 2.05) is 0 Å². The van der Waals surface area contributed by atoms with Crippen molar-refractivity contribution in [3.63, 3.8) is 0 Å². The maximum absolute atomic E-state index is 11.9. The summed E-state index contributed by atoms with van der Waals surface area (Å²) in [7, 11) is 0. The molecule has 116 valence electrons. The molecule has 5 nitrogen and oxygen atoms in total. The number of hydrogen-bond donors (Lipinski definition) is 2. The van der Waals surface area contributed by atoms with Gasteiger partial charge in [-0.05, 0) is 42.0 Å². The Hall–Kier alpha value is -2.43. The Labute approximate surface area is 129 Å². The van der Waals surface area contributed by atoms with Crippen LogP contribution in [0.3, 0.4) is 0 Å². The molecule has 0 unspecified atom stereocenters. The fourth-order valence-corrected chi connectivity index (χ4v) is 2.19. The van der Waals surface area contributed by atoms with Gasteiger partial charge in [0.05, 0.1) is 0 Å². The number of aromatic amines is 1. The molecule has 0 aliphatic heterocycles. The highest BCUT2D eigenvalue weighted by Crippen LogP contribution is 2.18. The zero-order valence-electron chi connectivity index (χ0n) is 13.1. The first-order chi connectivity index (χ1) is 10.5. The Morgan fingerprint density at radius 1 is 1.27 bits per heavy atom. The summed E-state index contributed by atoms with van der Waals surface area (Å²) < 4.78 is 0. The van der Waals surface area contributed by atoms with Crippen molar-refractivity contribution in [1.82, 2.24) is 15.5 Å². The largest absolute Gasteiger partial charge is 0.350 e. The molecule has 1 heterocycles. The summed E-state index contributed by atoms with van der Waals surface area (Å²) in [6, 6.07) is 9.17. The first kappa shape index (κ1) is 15.9. The van der Waals surface area contributed by atoms with Crippen molar-refractivity contribution in [2.24, 2.45) is 0 Å². The number of rotatable bonds is 5. The molecule has 0 fully saturated rings. The van der Waals surface area contributed by atoms with Gasteiger partial charge in [0, 0.05) is 12.6 Å². The standard InChI is InChI=1S/C17H21N3O2/c1-11(2)13-5-4-12(3)14(10-13)8-9-18-17(22)15-6-7-16(21)20-19-15/h4-7,10-11H,8-9H2,1-3H3,(H,18,22)(H,20,21). The van der Waals surface area contributed by atoms with Crippen LogP contribution in [0.1, 0.15) is 46.9 Å². The highest BCUT2D eigenvalue weighted by molar-refractivity contribution is 5.91. The molecular weight excluding hydrogens is 278 g/mol. The molecule has 0 atom stereocenters. The number of carbonyl (C=O) groups is 1. The second-order valence-corrected chi connectivity index (χ2v) is 5.65. The van der Waals surface area contributed by atoms with E-state index in [-0.39, 0.29) is 17.2 Å². The predicted molar refractivity (Wildman–Crippen MR) is 86.2 cm³/mol. The fraction of sp³-hybridized carbons (Fsp3) is 0.353. The number of amides is 1. The van der Waals surface area contributed by atoms with Crippen molar-refractivity contribution in [2.75, 3.05) is 6.54 Å². The second-order valence-electron chi connectivity index (χ2n) is 5.65. The lowest BCUT2D eigenvalue weighted by molar-refractivity contribution is 0.0948. The molecule has 2 rings (SSSR count). The van der Waals surface area contributed by atoms with E-state index >= 15 is 0 Å².